The zero-order chi connectivity index (χ0) is 14.0. The van der Waals surface area contributed by atoms with E-state index < -0.39 is 17.7 Å². The Hall–Kier alpha value is -1.94. The third kappa shape index (κ3) is 2.58. The van der Waals surface area contributed by atoms with Gasteiger partial charge in [-0.25, -0.2) is 8.78 Å². The Morgan fingerprint density at radius 3 is 2.26 bits per heavy atom. The molecule has 4 heteroatoms. The molecule has 0 saturated carbocycles. The maximum Gasteiger partial charge on any atom is 0.147 e. The number of rotatable bonds is 3. The summed E-state index contributed by atoms with van der Waals surface area (Å²) in [6.07, 6.45) is -0.833. The number of anilines is 2. The fraction of sp³-hybridized carbons (Fsp3) is 0.200. The molecule has 1 atom stereocenters. The lowest BCUT2D eigenvalue weighted by molar-refractivity contribution is 0.199. The molecule has 0 aliphatic heterocycles. The van der Waals surface area contributed by atoms with Gasteiger partial charge in [0.2, 0.25) is 0 Å². The van der Waals surface area contributed by atoms with Gasteiger partial charge in [-0.2, -0.15) is 0 Å². The summed E-state index contributed by atoms with van der Waals surface area (Å²) in [5, 5.41) is 9.71. The van der Waals surface area contributed by atoms with Gasteiger partial charge in [0.1, 0.15) is 11.6 Å². The van der Waals surface area contributed by atoms with Crippen molar-refractivity contribution in [1.29, 1.82) is 0 Å². The van der Waals surface area contributed by atoms with Gasteiger partial charge in [0.15, 0.2) is 0 Å². The topological polar surface area (TPSA) is 23.5 Å². The summed E-state index contributed by atoms with van der Waals surface area (Å²) in [6, 6.07) is 10.6. The van der Waals surface area contributed by atoms with Crippen molar-refractivity contribution in [1.82, 2.24) is 0 Å². The molecule has 2 aromatic rings. The number of benzene rings is 2. The molecule has 0 radical (unpaired) electrons. The highest BCUT2D eigenvalue weighted by atomic mass is 19.1. The highest BCUT2D eigenvalue weighted by Gasteiger charge is 2.18. The smallest absolute Gasteiger partial charge is 0.147 e. The monoisotopic (exact) mass is 263 g/mol. The van der Waals surface area contributed by atoms with E-state index in [0.29, 0.717) is 5.56 Å². The van der Waals surface area contributed by atoms with Gasteiger partial charge in [0.25, 0.3) is 0 Å². The molecule has 0 fully saturated rings. The molecule has 0 bridgehead atoms. The van der Waals surface area contributed by atoms with Crippen LogP contribution in [-0.4, -0.2) is 12.2 Å². The molecule has 0 aliphatic rings. The maximum atomic E-state index is 14.0. The predicted octanol–water partition coefficient (Wildman–Crippen LogP) is 3.79. The van der Waals surface area contributed by atoms with Gasteiger partial charge in [-0.1, -0.05) is 24.3 Å². The molecule has 0 spiro atoms. The second kappa shape index (κ2) is 5.36. The van der Waals surface area contributed by atoms with Crippen LogP contribution in [0.15, 0.2) is 42.5 Å². The van der Waals surface area contributed by atoms with Gasteiger partial charge >= 0.3 is 0 Å². The second-order valence-corrected chi connectivity index (χ2v) is 4.36. The van der Waals surface area contributed by atoms with Crippen LogP contribution in [0.25, 0.3) is 0 Å². The summed E-state index contributed by atoms with van der Waals surface area (Å²) in [6.45, 7) is 1.55. The van der Waals surface area contributed by atoms with Gasteiger partial charge in [-0.05, 0) is 25.1 Å². The summed E-state index contributed by atoms with van der Waals surface area (Å²) in [5.41, 5.74) is 0.864. The molecule has 100 valence electrons. The van der Waals surface area contributed by atoms with Crippen LogP contribution in [0, 0.1) is 11.6 Å². The number of aliphatic hydroxyl groups is 1. The van der Waals surface area contributed by atoms with E-state index >= 15 is 0 Å². The Bertz CT molecular complexity index is 584. The molecule has 0 heterocycles. The zero-order valence-corrected chi connectivity index (χ0v) is 10.8. The number of hydrogen-bond acceptors (Lipinski definition) is 2. The summed E-state index contributed by atoms with van der Waals surface area (Å²) in [7, 11) is 1.57. The van der Waals surface area contributed by atoms with Gasteiger partial charge in [-0.15, -0.1) is 0 Å². The Morgan fingerprint density at radius 1 is 1.00 bits per heavy atom. The first-order valence-corrected chi connectivity index (χ1v) is 5.97. The van der Waals surface area contributed by atoms with E-state index in [-0.39, 0.29) is 11.4 Å². The van der Waals surface area contributed by atoms with Crippen LogP contribution in [-0.2, 0) is 0 Å². The van der Waals surface area contributed by atoms with Crippen molar-refractivity contribution in [3.05, 3.63) is 59.7 Å². The first-order valence-electron chi connectivity index (χ1n) is 5.97. The van der Waals surface area contributed by atoms with Crippen molar-refractivity contribution in [3.63, 3.8) is 0 Å². The minimum absolute atomic E-state index is 0.183. The van der Waals surface area contributed by atoms with Crippen molar-refractivity contribution >= 4 is 11.4 Å². The quantitative estimate of drug-likeness (QED) is 0.910. The van der Waals surface area contributed by atoms with Crippen LogP contribution in [0.1, 0.15) is 18.6 Å². The molecule has 2 nitrogen and oxygen atoms in total. The summed E-state index contributed by atoms with van der Waals surface area (Å²) < 4.78 is 27.8. The lowest BCUT2D eigenvalue weighted by Gasteiger charge is -2.24. The normalized spacial score (nSPS) is 12.3. The predicted molar refractivity (Wildman–Crippen MR) is 71.5 cm³/mol. The molecule has 0 amide bonds. The van der Waals surface area contributed by atoms with Crippen molar-refractivity contribution in [2.24, 2.45) is 0 Å². The lowest BCUT2D eigenvalue weighted by Crippen LogP contribution is -2.16. The molecular formula is C15H15F2NO. The van der Waals surface area contributed by atoms with E-state index in [2.05, 4.69) is 0 Å². The van der Waals surface area contributed by atoms with E-state index in [0.717, 1.165) is 0 Å². The van der Waals surface area contributed by atoms with Crippen LogP contribution in [0.5, 0.6) is 0 Å². The third-order valence-corrected chi connectivity index (χ3v) is 3.02. The number of halogens is 2. The standard InChI is InChI=1S/C15H15F2NO/c1-10(19)11-6-5-8-13(17)15(11)18(2)14-9-4-3-7-12(14)16/h3-10,19H,1-2H3/t10-/m0/s1. The van der Waals surface area contributed by atoms with Crippen molar-refractivity contribution in [3.8, 4) is 0 Å². The van der Waals surface area contributed by atoms with Crippen molar-refractivity contribution < 1.29 is 13.9 Å². The van der Waals surface area contributed by atoms with E-state index in [1.807, 2.05) is 0 Å². The van der Waals surface area contributed by atoms with Gasteiger partial charge < -0.3 is 10.0 Å². The Kier molecular flexibility index (Phi) is 3.81. The highest BCUT2D eigenvalue weighted by molar-refractivity contribution is 5.67. The van der Waals surface area contributed by atoms with Crippen LogP contribution >= 0.6 is 0 Å². The number of aliphatic hydroxyl groups excluding tert-OH is 1. The molecule has 0 aromatic heterocycles. The molecule has 1 N–H and O–H groups in total. The number of para-hydroxylation sites is 2. The van der Waals surface area contributed by atoms with Gasteiger partial charge in [-0.3, -0.25) is 0 Å². The fourth-order valence-electron chi connectivity index (χ4n) is 2.07. The average molecular weight is 263 g/mol. The van der Waals surface area contributed by atoms with E-state index in [9.17, 15) is 13.9 Å². The molecule has 0 unspecified atom stereocenters. The summed E-state index contributed by atoms with van der Waals surface area (Å²) >= 11 is 0. The van der Waals surface area contributed by atoms with E-state index in [1.54, 1.807) is 38.2 Å². The number of hydrogen-bond donors (Lipinski definition) is 1. The zero-order valence-electron chi connectivity index (χ0n) is 10.8. The summed E-state index contributed by atoms with van der Waals surface area (Å²) in [4.78, 5) is 1.41. The Labute approximate surface area is 110 Å². The summed E-state index contributed by atoms with van der Waals surface area (Å²) in [5.74, 6) is -0.936. The molecular weight excluding hydrogens is 248 g/mol. The molecule has 2 aromatic carbocycles. The van der Waals surface area contributed by atoms with E-state index in [4.69, 9.17) is 0 Å². The number of nitrogens with zero attached hydrogens (tertiary/aromatic N) is 1. The van der Waals surface area contributed by atoms with E-state index in [1.165, 1.54) is 23.1 Å². The van der Waals surface area contributed by atoms with Crippen molar-refractivity contribution in [2.45, 2.75) is 13.0 Å². The average Bonchev–Trinajstić information content (AvgIpc) is 2.38. The fourth-order valence-corrected chi connectivity index (χ4v) is 2.07. The van der Waals surface area contributed by atoms with Crippen LogP contribution < -0.4 is 4.90 Å². The van der Waals surface area contributed by atoms with Crippen LogP contribution in [0.2, 0.25) is 0 Å². The molecule has 0 saturated heterocycles. The first kappa shape index (κ1) is 13.5. The molecule has 0 aliphatic carbocycles. The minimum Gasteiger partial charge on any atom is -0.389 e. The van der Waals surface area contributed by atoms with Crippen LogP contribution in [0.4, 0.5) is 20.2 Å². The second-order valence-electron chi connectivity index (χ2n) is 4.36. The third-order valence-electron chi connectivity index (χ3n) is 3.02. The van der Waals surface area contributed by atoms with Crippen molar-refractivity contribution in [2.75, 3.05) is 11.9 Å². The minimum atomic E-state index is -0.833. The molecule has 2 rings (SSSR count). The van der Waals surface area contributed by atoms with Crippen LogP contribution in [0.3, 0.4) is 0 Å². The molecule has 19 heavy (non-hydrogen) atoms. The Balaban J connectivity index is 2.56. The highest BCUT2D eigenvalue weighted by Crippen LogP contribution is 2.34. The maximum absolute atomic E-state index is 14.0. The van der Waals surface area contributed by atoms with Gasteiger partial charge in [0.05, 0.1) is 17.5 Å². The Morgan fingerprint density at radius 2 is 1.63 bits per heavy atom. The first-order chi connectivity index (χ1) is 9.02. The van der Waals surface area contributed by atoms with Gasteiger partial charge in [0, 0.05) is 12.6 Å². The lowest BCUT2D eigenvalue weighted by atomic mass is 10.1. The largest absolute Gasteiger partial charge is 0.389 e. The SMILES string of the molecule is C[C@H](O)c1cccc(F)c1N(C)c1ccccc1F.